The molecule has 1 atom stereocenters. The smallest absolute Gasteiger partial charge is 0.323 e. The number of thioether (sulfide) groups is 1. The van der Waals surface area contributed by atoms with Crippen LogP contribution in [0.4, 0.5) is 0 Å². The van der Waals surface area contributed by atoms with Gasteiger partial charge >= 0.3 is 5.97 Å². The molecular weight excluding hydrogens is 282 g/mol. The van der Waals surface area contributed by atoms with Crippen molar-refractivity contribution >= 4 is 17.7 Å². The van der Waals surface area contributed by atoms with Crippen LogP contribution in [0.1, 0.15) is 12.7 Å². The second-order valence-corrected chi connectivity index (χ2v) is 5.75. The Morgan fingerprint density at radius 3 is 2.90 bits per heavy atom. The lowest BCUT2D eigenvalue weighted by atomic mass is 10.3. The molecule has 2 rings (SSSR count). The van der Waals surface area contributed by atoms with Crippen molar-refractivity contribution < 1.29 is 19.1 Å². The minimum Gasteiger partial charge on any atom is -0.502 e. The van der Waals surface area contributed by atoms with Gasteiger partial charge in [0.1, 0.15) is 24.7 Å². The highest BCUT2D eigenvalue weighted by atomic mass is 32.2. The van der Waals surface area contributed by atoms with E-state index in [1.807, 2.05) is 18.7 Å². The Hall–Kier alpha value is -1.47. The molecule has 6 nitrogen and oxygen atoms in total. The molecule has 1 saturated heterocycles. The summed E-state index contributed by atoms with van der Waals surface area (Å²) in [6.45, 7) is 3.44. The Bertz CT molecular complexity index is 524. The van der Waals surface area contributed by atoms with E-state index in [0.717, 1.165) is 36.9 Å². The topological polar surface area (TPSA) is 80.0 Å². The predicted octanol–water partition coefficient (Wildman–Crippen LogP) is 0.826. The van der Waals surface area contributed by atoms with Gasteiger partial charge in [0.15, 0.2) is 5.75 Å². The van der Waals surface area contributed by atoms with E-state index in [4.69, 9.17) is 14.3 Å². The zero-order valence-electron chi connectivity index (χ0n) is 11.2. The minimum absolute atomic E-state index is 0.110. The summed E-state index contributed by atoms with van der Waals surface area (Å²) in [6.07, 6.45) is 0.941. The molecule has 1 aliphatic rings. The number of ether oxygens (including phenoxy) is 1. The van der Waals surface area contributed by atoms with E-state index >= 15 is 0 Å². The minimum atomic E-state index is -0.552. The van der Waals surface area contributed by atoms with E-state index in [9.17, 15) is 9.59 Å². The van der Waals surface area contributed by atoms with Crippen LogP contribution in [-0.4, -0.2) is 46.6 Å². The third-order valence-corrected chi connectivity index (χ3v) is 4.10. The van der Waals surface area contributed by atoms with E-state index in [0.29, 0.717) is 0 Å². The molecular formula is C13H17NO5S. The molecule has 0 spiro atoms. The Morgan fingerprint density at radius 2 is 2.25 bits per heavy atom. The van der Waals surface area contributed by atoms with Crippen LogP contribution in [0.25, 0.3) is 0 Å². The molecule has 1 fully saturated rings. The first-order chi connectivity index (χ1) is 9.58. The molecule has 1 aliphatic heterocycles. The molecule has 2 heterocycles. The lowest BCUT2D eigenvalue weighted by molar-refractivity contribution is -0.151. The van der Waals surface area contributed by atoms with E-state index in [1.54, 1.807) is 0 Å². The van der Waals surface area contributed by atoms with Gasteiger partial charge in [-0.1, -0.05) is 0 Å². The molecule has 20 heavy (non-hydrogen) atoms. The normalized spacial score (nSPS) is 17.6. The predicted molar refractivity (Wildman–Crippen MR) is 74.8 cm³/mol. The summed E-state index contributed by atoms with van der Waals surface area (Å²) in [6, 6.07) is 0.810. The van der Waals surface area contributed by atoms with Crippen LogP contribution in [-0.2, 0) is 16.1 Å². The first-order valence-electron chi connectivity index (χ1n) is 6.37. The van der Waals surface area contributed by atoms with E-state index in [2.05, 4.69) is 4.90 Å². The van der Waals surface area contributed by atoms with Crippen molar-refractivity contribution in [3.63, 3.8) is 0 Å². The standard InChI is InChI=1S/C13H17NO5S/c1-9(14-2-4-20-5-3-14)13(17)19-7-10-6-11(15)12(16)8-18-10/h6,8-9,16H,2-5,7H2,1H3. The number of esters is 1. The number of carbonyl (C=O) groups is 1. The molecule has 0 amide bonds. The summed E-state index contributed by atoms with van der Waals surface area (Å²) in [5, 5.41) is 9.06. The Labute approximate surface area is 120 Å². The summed E-state index contributed by atoms with van der Waals surface area (Å²) < 4.78 is 10.1. The van der Waals surface area contributed by atoms with Crippen molar-refractivity contribution in [2.75, 3.05) is 24.6 Å². The fourth-order valence-electron chi connectivity index (χ4n) is 1.90. The summed E-state index contributed by atoms with van der Waals surface area (Å²) in [5.41, 5.74) is -0.552. The van der Waals surface area contributed by atoms with Gasteiger partial charge in [-0.05, 0) is 6.92 Å². The zero-order valence-corrected chi connectivity index (χ0v) is 12.0. The maximum absolute atomic E-state index is 11.9. The molecule has 1 unspecified atom stereocenters. The lowest BCUT2D eigenvalue weighted by Gasteiger charge is -2.30. The largest absolute Gasteiger partial charge is 0.502 e. The maximum atomic E-state index is 11.9. The SMILES string of the molecule is CC(C(=O)OCc1cc(=O)c(O)co1)N1CCSCC1. The van der Waals surface area contributed by atoms with Gasteiger partial charge in [-0.2, -0.15) is 11.8 Å². The van der Waals surface area contributed by atoms with Crippen LogP contribution in [0.2, 0.25) is 0 Å². The average Bonchev–Trinajstić information content (AvgIpc) is 2.48. The maximum Gasteiger partial charge on any atom is 0.323 e. The fourth-order valence-corrected chi connectivity index (χ4v) is 2.83. The highest BCUT2D eigenvalue weighted by molar-refractivity contribution is 7.99. The van der Waals surface area contributed by atoms with Gasteiger partial charge in [0.05, 0.1) is 0 Å². The third-order valence-electron chi connectivity index (χ3n) is 3.16. The number of hydrogen-bond acceptors (Lipinski definition) is 7. The molecule has 1 aromatic heterocycles. The number of carbonyl (C=O) groups excluding carboxylic acids is 1. The average molecular weight is 299 g/mol. The second kappa shape index (κ2) is 6.81. The Balaban J connectivity index is 1.87. The van der Waals surface area contributed by atoms with Crippen LogP contribution in [0.15, 0.2) is 21.5 Å². The number of rotatable bonds is 4. The number of aromatic hydroxyl groups is 1. The van der Waals surface area contributed by atoms with Crippen molar-refractivity contribution in [2.45, 2.75) is 19.6 Å². The van der Waals surface area contributed by atoms with Gasteiger partial charge in [0, 0.05) is 30.7 Å². The third kappa shape index (κ3) is 3.77. The fraction of sp³-hybridized carbons (Fsp3) is 0.538. The quantitative estimate of drug-likeness (QED) is 0.825. The van der Waals surface area contributed by atoms with E-state index in [1.165, 1.54) is 0 Å². The van der Waals surface area contributed by atoms with Crippen molar-refractivity contribution in [2.24, 2.45) is 0 Å². The molecule has 1 aromatic rings. The zero-order chi connectivity index (χ0) is 14.5. The Morgan fingerprint density at radius 1 is 1.55 bits per heavy atom. The van der Waals surface area contributed by atoms with Gasteiger partial charge < -0.3 is 14.3 Å². The lowest BCUT2D eigenvalue weighted by Crippen LogP contribution is -2.44. The van der Waals surface area contributed by atoms with Gasteiger partial charge in [-0.3, -0.25) is 14.5 Å². The molecule has 0 saturated carbocycles. The molecule has 0 aliphatic carbocycles. The molecule has 110 valence electrons. The molecule has 7 heteroatoms. The van der Waals surface area contributed by atoms with Gasteiger partial charge in [0.2, 0.25) is 5.43 Å². The first-order valence-corrected chi connectivity index (χ1v) is 7.52. The number of nitrogens with zero attached hydrogens (tertiary/aromatic N) is 1. The van der Waals surface area contributed by atoms with E-state index in [-0.39, 0.29) is 24.4 Å². The van der Waals surface area contributed by atoms with Crippen molar-refractivity contribution in [3.8, 4) is 5.75 Å². The highest BCUT2D eigenvalue weighted by Crippen LogP contribution is 2.13. The van der Waals surface area contributed by atoms with Gasteiger partial charge in [0.25, 0.3) is 0 Å². The summed E-state index contributed by atoms with van der Waals surface area (Å²) in [4.78, 5) is 25.2. The summed E-state index contributed by atoms with van der Waals surface area (Å²) >= 11 is 1.87. The van der Waals surface area contributed by atoms with Crippen molar-refractivity contribution in [1.82, 2.24) is 4.90 Å². The van der Waals surface area contributed by atoms with E-state index < -0.39 is 11.2 Å². The summed E-state index contributed by atoms with van der Waals surface area (Å²) in [7, 11) is 0. The van der Waals surface area contributed by atoms with Crippen LogP contribution in [0, 0.1) is 0 Å². The molecule has 0 bridgehead atoms. The van der Waals surface area contributed by atoms with Crippen LogP contribution in [0.3, 0.4) is 0 Å². The monoisotopic (exact) mass is 299 g/mol. The second-order valence-electron chi connectivity index (χ2n) is 4.53. The van der Waals surface area contributed by atoms with Gasteiger partial charge in [-0.15, -0.1) is 0 Å². The van der Waals surface area contributed by atoms with Crippen molar-refractivity contribution in [1.29, 1.82) is 0 Å². The molecule has 0 radical (unpaired) electrons. The van der Waals surface area contributed by atoms with Crippen LogP contribution in [0.5, 0.6) is 5.75 Å². The highest BCUT2D eigenvalue weighted by Gasteiger charge is 2.24. The van der Waals surface area contributed by atoms with Crippen LogP contribution < -0.4 is 5.43 Å². The Kier molecular flexibility index (Phi) is 5.08. The van der Waals surface area contributed by atoms with Crippen LogP contribution >= 0.6 is 11.8 Å². The van der Waals surface area contributed by atoms with Crippen molar-refractivity contribution in [3.05, 3.63) is 28.3 Å². The number of hydrogen-bond donors (Lipinski definition) is 1. The first kappa shape index (κ1) is 14.9. The van der Waals surface area contributed by atoms with Gasteiger partial charge in [-0.25, -0.2) is 0 Å². The molecule has 1 N–H and O–H groups in total. The summed E-state index contributed by atoms with van der Waals surface area (Å²) in [5.74, 6) is 1.45. The molecule has 0 aromatic carbocycles.